The van der Waals surface area contributed by atoms with E-state index in [-0.39, 0.29) is 22.8 Å². The van der Waals surface area contributed by atoms with Gasteiger partial charge in [0.05, 0.1) is 17.1 Å². The van der Waals surface area contributed by atoms with Gasteiger partial charge in [-0.15, -0.1) is 0 Å². The van der Waals surface area contributed by atoms with E-state index in [0.717, 1.165) is 0 Å². The van der Waals surface area contributed by atoms with E-state index >= 15 is 0 Å². The van der Waals surface area contributed by atoms with Crippen molar-refractivity contribution in [1.29, 1.82) is 0 Å². The Morgan fingerprint density at radius 1 is 1.54 bits per heavy atom. The number of hydrogen-bond acceptors (Lipinski definition) is 2. The summed E-state index contributed by atoms with van der Waals surface area (Å²) in [7, 11) is -0.973. The van der Waals surface area contributed by atoms with Crippen LogP contribution < -0.4 is 4.72 Å². The third kappa shape index (κ3) is 2.11. The van der Waals surface area contributed by atoms with Gasteiger partial charge in [0.15, 0.2) is 0 Å². The highest BCUT2D eigenvalue weighted by Gasteiger charge is 2.47. The topological polar surface area (TPSA) is 49.3 Å². The molecule has 1 aliphatic rings. The molecule has 0 spiro atoms. The molecule has 3 atom stereocenters. The molecule has 0 aliphatic heterocycles. The first kappa shape index (κ1) is 11.1. The number of aliphatic hydroxyl groups excluding tert-OH is 1. The highest BCUT2D eigenvalue weighted by molar-refractivity contribution is 7.83. The molecule has 0 aromatic carbocycles. The quantitative estimate of drug-likeness (QED) is 0.716. The van der Waals surface area contributed by atoms with Crippen molar-refractivity contribution in [2.75, 3.05) is 0 Å². The molecular weight excluding hydrogens is 186 g/mol. The summed E-state index contributed by atoms with van der Waals surface area (Å²) in [6.07, 6.45) is 0.458. The maximum atomic E-state index is 11.5. The summed E-state index contributed by atoms with van der Waals surface area (Å²) in [5.41, 5.74) is -0.134. The minimum Gasteiger partial charge on any atom is -0.392 e. The molecule has 0 aromatic rings. The van der Waals surface area contributed by atoms with Gasteiger partial charge in [-0.05, 0) is 20.3 Å². The number of aliphatic hydroxyl groups is 1. The molecule has 1 rings (SSSR count). The van der Waals surface area contributed by atoms with Gasteiger partial charge in [-0.1, -0.05) is 13.8 Å². The predicted molar refractivity (Wildman–Crippen MR) is 54.6 cm³/mol. The highest BCUT2D eigenvalue weighted by atomic mass is 32.2. The molecule has 0 amide bonds. The number of nitrogens with one attached hydrogen (secondary N) is 1. The lowest BCUT2D eigenvalue weighted by atomic mass is 9.65. The van der Waals surface area contributed by atoms with Crippen molar-refractivity contribution in [2.45, 2.75) is 51.5 Å². The fourth-order valence-corrected chi connectivity index (χ4v) is 2.33. The molecule has 1 saturated carbocycles. The molecule has 1 fully saturated rings. The van der Waals surface area contributed by atoms with Gasteiger partial charge >= 0.3 is 0 Å². The zero-order valence-corrected chi connectivity index (χ0v) is 9.52. The number of rotatable bonds is 3. The van der Waals surface area contributed by atoms with Crippen LogP contribution in [0.15, 0.2) is 0 Å². The normalized spacial score (nSPS) is 34.3. The van der Waals surface area contributed by atoms with Crippen molar-refractivity contribution in [3.05, 3.63) is 0 Å². The van der Waals surface area contributed by atoms with Crippen molar-refractivity contribution >= 4 is 11.0 Å². The van der Waals surface area contributed by atoms with Gasteiger partial charge in [-0.2, -0.15) is 0 Å². The lowest BCUT2D eigenvalue weighted by Crippen LogP contribution is -2.60. The van der Waals surface area contributed by atoms with E-state index in [1.807, 2.05) is 27.7 Å². The third-order valence-electron chi connectivity index (χ3n) is 2.90. The van der Waals surface area contributed by atoms with Crippen LogP contribution in [0.2, 0.25) is 0 Å². The molecular formula is C9H19NO2S. The first-order chi connectivity index (χ1) is 5.85. The fourth-order valence-electron chi connectivity index (χ4n) is 1.38. The molecule has 0 aromatic heterocycles. The second-order valence-corrected chi connectivity index (χ2v) is 6.36. The first-order valence-corrected chi connectivity index (χ1v) is 5.91. The van der Waals surface area contributed by atoms with Crippen molar-refractivity contribution in [3.8, 4) is 0 Å². The van der Waals surface area contributed by atoms with Crippen molar-refractivity contribution in [3.63, 3.8) is 0 Å². The monoisotopic (exact) mass is 205 g/mol. The molecule has 2 N–H and O–H groups in total. The van der Waals surface area contributed by atoms with Crippen molar-refractivity contribution in [1.82, 2.24) is 4.72 Å². The Hall–Kier alpha value is 0.0700. The van der Waals surface area contributed by atoms with Crippen LogP contribution in [-0.4, -0.2) is 26.7 Å². The van der Waals surface area contributed by atoms with E-state index in [1.165, 1.54) is 0 Å². The molecule has 3 nitrogen and oxygen atoms in total. The summed E-state index contributed by atoms with van der Waals surface area (Å²) in [6.45, 7) is 7.84. The van der Waals surface area contributed by atoms with E-state index in [2.05, 4.69) is 4.72 Å². The van der Waals surface area contributed by atoms with Crippen molar-refractivity contribution < 1.29 is 9.32 Å². The van der Waals surface area contributed by atoms with Gasteiger partial charge in [-0.25, -0.2) is 8.93 Å². The van der Waals surface area contributed by atoms with Gasteiger partial charge in [0.25, 0.3) is 0 Å². The van der Waals surface area contributed by atoms with Crippen LogP contribution >= 0.6 is 0 Å². The largest absolute Gasteiger partial charge is 0.392 e. The second-order valence-electron chi connectivity index (χ2n) is 4.59. The van der Waals surface area contributed by atoms with Crippen LogP contribution in [0.4, 0.5) is 0 Å². The molecule has 4 heteroatoms. The lowest BCUT2D eigenvalue weighted by molar-refractivity contribution is -0.0641. The summed E-state index contributed by atoms with van der Waals surface area (Å²) in [6, 6.07) is 0.186. The molecule has 0 radical (unpaired) electrons. The van der Waals surface area contributed by atoms with Crippen LogP contribution in [0.5, 0.6) is 0 Å². The average Bonchev–Trinajstić information content (AvgIpc) is 2.03. The fraction of sp³-hybridized carbons (Fsp3) is 1.00. The van der Waals surface area contributed by atoms with Crippen LogP contribution in [-0.2, 0) is 11.0 Å². The molecule has 0 heterocycles. The SMILES string of the molecule is CC(C)S(=O)NC1CC(O)C1(C)C. The Bertz CT molecular complexity index is 216. The van der Waals surface area contributed by atoms with E-state index in [0.29, 0.717) is 6.42 Å². The minimum absolute atomic E-state index is 0.133. The highest BCUT2D eigenvalue weighted by Crippen LogP contribution is 2.40. The smallest absolute Gasteiger partial charge is 0.0944 e. The third-order valence-corrected chi connectivity index (χ3v) is 4.28. The van der Waals surface area contributed by atoms with Gasteiger partial charge in [-0.3, -0.25) is 0 Å². The molecule has 13 heavy (non-hydrogen) atoms. The maximum Gasteiger partial charge on any atom is 0.0944 e. The Kier molecular flexibility index (Phi) is 3.15. The summed E-state index contributed by atoms with van der Waals surface area (Å²) >= 11 is 0. The van der Waals surface area contributed by atoms with E-state index in [4.69, 9.17) is 0 Å². The average molecular weight is 205 g/mol. The Labute approximate surface area is 82.5 Å². The molecule has 1 aliphatic carbocycles. The number of hydrogen-bond donors (Lipinski definition) is 2. The van der Waals surface area contributed by atoms with E-state index < -0.39 is 11.0 Å². The standard InChI is InChI=1S/C9H19NO2S/c1-6(2)13(12)10-7-5-8(11)9(7,3)4/h6-8,10-11H,5H2,1-4H3. The summed E-state index contributed by atoms with van der Waals surface area (Å²) in [5, 5.41) is 9.59. The predicted octanol–water partition coefficient (Wildman–Crippen LogP) is 0.807. The van der Waals surface area contributed by atoms with Crippen molar-refractivity contribution in [2.24, 2.45) is 5.41 Å². The zero-order chi connectivity index (χ0) is 10.2. The maximum absolute atomic E-state index is 11.5. The van der Waals surface area contributed by atoms with Crippen LogP contribution in [0, 0.1) is 5.41 Å². The second kappa shape index (κ2) is 3.67. The molecule has 78 valence electrons. The lowest BCUT2D eigenvalue weighted by Gasteiger charge is -2.49. The Balaban J connectivity index is 2.45. The van der Waals surface area contributed by atoms with Crippen LogP contribution in [0.25, 0.3) is 0 Å². The minimum atomic E-state index is -0.973. The van der Waals surface area contributed by atoms with Gasteiger partial charge < -0.3 is 5.11 Å². The first-order valence-electron chi connectivity index (χ1n) is 4.70. The Morgan fingerprint density at radius 3 is 2.38 bits per heavy atom. The molecule has 0 saturated heterocycles. The van der Waals surface area contributed by atoms with Crippen LogP contribution in [0.3, 0.4) is 0 Å². The zero-order valence-electron chi connectivity index (χ0n) is 8.70. The molecule has 3 unspecified atom stereocenters. The summed E-state index contributed by atoms with van der Waals surface area (Å²) in [5.74, 6) is 0. The van der Waals surface area contributed by atoms with E-state index in [9.17, 15) is 9.32 Å². The summed E-state index contributed by atoms with van der Waals surface area (Å²) < 4.78 is 14.5. The van der Waals surface area contributed by atoms with E-state index in [1.54, 1.807) is 0 Å². The van der Waals surface area contributed by atoms with Gasteiger partial charge in [0.2, 0.25) is 0 Å². The van der Waals surface area contributed by atoms with Gasteiger partial charge in [0.1, 0.15) is 0 Å². The Morgan fingerprint density at radius 2 is 2.08 bits per heavy atom. The van der Waals surface area contributed by atoms with Crippen LogP contribution in [0.1, 0.15) is 34.1 Å². The van der Waals surface area contributed by atoms with Gasteiger partial charge in [0, 0.05) is 16.7 Å². The summed E-state index contributed by atoms with van der Waals surface area (Å²) in [4.78, 5) is 0. The molecule has 0 bridgehead atoms.